The van der Waals surface area contributed by atoms with Crippen molar-refractivity contribution < 1.29 is 9.47 Å². The Morgan fingerprint density at radius 3 is 2.79 bits per heavy atom. The maximum absolute atomic E-state index is 6.28. The minimum atomic E-state index is -0.0525. The number of fused-ring (bicyclic) bond motifs is 1. The summed E-state index contributed by atoms with van der Waals surface area (Å²) in [6.07, 6.45) is 0.743. The minimum absolute atomic E-state index is 0.0525. The largest absolute Gasteiger partial charge is 0.497 e. The predicted octanol–water partition coefficient (Wildman–Crippen LogP) is 4.15. The Labute approximate surface area is 117 Å². The SMILES string of the molecule is [CH2]C1Cc2cc(OC)cc(-c3ccccc3Cl)c2O1. The molecule has 1 aliphatic rings. The van der Waals surface area contributed by atoms with Gasteiger partial charge in [0.25, 0.3) is 0 Å². The molecule has 0 amide bonds. The molecular weight excluding hydrogens is 260 g/mol. The van der Waals surface area contributed by atoms with Crippen LogP contribution >= 0.6 is 11.6 Å². The van der Waals surface area contributed by atoms with Crippen LogP contribution in [0.4, 0.5) is 0 Å². The molecule has 0 bridgehead atoms. The van der Waals surface area contributed by atoms with Crippen molar-refractivity contribution in [1.29, 1.82) is 0 Å². The van der Waals surface area contributed by atoms with Crippen LogP contribution in [-0.4, -0.2) is 13.2 Å². The lowest BCUT2D eigenvalue weighted by atomic mass is 10.00. The van der Waals surface area contributed by atoms with Crippen molar-refractivity contribution in [2.45, 2.75) is 12.5 Å². The van der Waals surface area contributed by atoms with Crippen molar-refractivity contribution in [3.05, 3.63) is 53.9 Å². The van der Waals surface area contributed by atoms with Gasteiger partial charge in [0.1, 0.15) is 17.6 Å². The van der Waals surface area contributed by atoms with Crippen molar-refractivity contribution in [2.75, 3.05) is 7.11 Å². The van der Waals surface area contributed by atoms with Crippen molar-refractivity contribution in [3.63, 3.8) is 0 Å². The summed E-state index contributed by atoms with van der Waals surface area (Å²) in [6.45, 7) is 3.97. The van der Waals surface area contributed by atoms with Gasteiger partial charge in [-0.15, -0.1) is 0 Å². The van der Waals surface area contributed by atoms with Crippen molar-refractivity contribution in [2.24, 2.45) is 0 Å². The third-order valence-corrected chi connectivity index (χ3v) is 3.60. The normalized spacial score (nSPS) is 16.9. The van der Waals surface area contributed by atoms with Gasteiger partial charge in [0.2, 0.25) is 0 Å². The molecule has 1 aliphatic heterocycles. The summed E-state index contributed by atoms with van der Waals surface area (Å²) in [4.78, 5) is 0. The zero-order valence-corrected chi connectivity index (χ0v) is 11.4. The van der Waals surface area contributed by atoms with Gasteiger partial charge in [0.05, 0.1) is 7.11 Å². The van der Waals surface area contributed by atoms with E-state index in [1.54, 1.807) is 7.11 Å². The van der Waals surface area contributed by atoms with E-state index in [9.17, 15) is 0 Å². The molecular formula is C16H14ClO2. The first-order chi connectivity index (χ1) is 9.19. The Bertz CT molecular complexity index is 622. The molecule has 0 N–H and O–H groups in total. The second-order valence-corrected chi connectivity index (χ2v) is 4.99. The summed E-state index contributed by atoms with van der Waals surface area (Å²) in [5.41, 5.74) is 3.04. The van der Waals surface area contributed by atoms with Crippen LogP contribution in [0.25, 0.3) is 11.1 Å². The number of benzene rings is 2. The molecule has 0 saturated heterocycles. The number of hydrogen-bond donors (Lipinski definition) is 0. The van der Waals surface area contributed by atoms with Crippen LogP contribution in [-0.2, 0) is 6.42 Å². The van der Waals surface area contributed by atoms with Crippen LogP contribution < -0.4 is 9.47 Å². The summed E-state index contributed by atoms with van der Waals surface area (Å²) in [7, 11) is 1.66. The molecule has 97 valence electrons. The highest BCUT2D eigenvalue weighted by Crippen LogP contribution is 2.43. The fourth-order valence-electron chi connectivity index (χ4n) is 2.40. The molecule has 3 rings (SSSR count). The topological polar surface area (TPSA) is 18.5 Å². The second kappa shape index (κ2) is 4.78. The summed E-state index contributed by atoms with van der Waals surface area (Å²) < 4.78 is 11.2. The molecule has 0 saturated carbocycles. The predicted molar refractivity (Wildman–Crippen MR) is 76.9 cm³/mol. The molecule has 1 radical (unpaired) electrons. The molecule has 1 atom stereocenters. The second-order valence-electron chi connectivity index (χ2n) is 4.59. The van der Waals surface area contributed by atoms with E-state index in [4.69, 9.17) is 21.1 Å². The third kappa shape index (κ3) is 2.17. The van der Waals surface area contributed by atoms with Crippen LogP contribution in [0.2, 0.25) is 5.02 Å². The van der Waals surface area contributed by atoms with Crippen molar-refractivity contribution in [1.82, 2.24) is 0 Å². The Balaban J connectivity index is 2.21. The quantitative estimate of drug-likeness (QED) is 0.818. The molecule has 2 aromatic carbocycles. The molecule has 0 fully saturated rings. The van der Waals surface area contributed by atoms with Gasteiger partial charge in [-0.2, -0.15) is 0 Å². The molecule has 19 heavy (non-hydrogen) atoms. The molecule has 0 aliphatic carbocycles. The first-order valence-electron chi connectivity index (χ1n) is 6.14. The molecule has 2 aromatic rings. The number of rotatable bonds is 2. The van der Waals surface area contributed by atoms with Crippen LogP contribution in [0.1, 0.15) is 5.56 Å². The summed E-state index contributed by atoms with van der Waals surface area (Å²) in [6, 6.07) is 11.7. The van der Waals surface area contributed by atoms with Crippen LogP contribution in [0.15, 0.2) is 36.4 Å². The van der Waals surface area contributed by atoms with E-state index in [1.807, 2.05) is 36.4 Å². The lowest BCUT2D eigenvalue weighted by Crippen LogP contribution is -2.06. The highest BCUT2D eigenvalue weighted by molar-refractivity contribution is 6.33. The highest BCUT2D eigenvalue weighted by Gasteiger charge is 2.24. The van der Waals surface area contributed by atoms with Crippen molar-refractivity contribution in [3.8, 4) is 22.6 Å². The van der Waals surface area contributed by atoms with E-state index in [-0.39, 0.29) is 6.10 Å². The van der Waals surface area contributed by atoms with Gasteiger partial charge in [0.15, 0.2) is 0 Å². The lowest BCUT2D eigenvalue weighted by molar-refractivity contribution is 0.282. The zero-order chi connectivity index (χ0) is 13.4. The number of methoxy groups -OCH3 is 1. The first-order valence-corrected chi connectivity index (χ1v) is 6.52. The van der Waals surface area contributed by atoms with E-state index in [1.165, 1.54) is 0 Å². The maximum Gasteiger partial charge on any atom is 0.131 e. The van der Waals surface area contributed by atoms with Gasteiger partial charge in [-0.1, -0.05) is 29.8 Å². The highest BCUT2D eigenvalue weighted by atomic mass is 35.5. The van der Waals surface area contributed by atoms with Gasteiger partial charge in [0, 0.05) is 28.1 Å². The van der Waals surface area contributed by atoms with Crippen LogP contribution in [0.3, 0.4) is 0 Å². The number of halogens is 1. The Morgan fingerprint density at radius 2 is 2.05 bits per heavy atom. The number of hydrogen-bond acceptors (Lipinski definition) is 2. The van der Waals surface area contributed by atoms with E-state index in [0.29, 0.717) is 5.02 Å². The molecule has 1 unspecified atom stereocenters. The summed E-state index contributed by atoms with van der Waals surface area (Å²) in [5.74, 6) is 1.68. The van der Waals surface area contributed by atoms with Crippen LogP contribution in [0, 0.1) is 6.92 Å². The maximum atomic E-state index is 6.28. The summed E-state index contributed by atoms with van der Waals surface area (Å²) in [5, 5.41) is 0.703. The fourth-order valence-corrected chi connectivity index (χ4v) is 2.64. The summed E-state index contributed by atoms with van der Waals surface area (Å²) >= 11 is 6.28. The Hall–Kier alpha value is -1.67. The fraction of sp³-hybridized carbons (Fsp3) is 0.188. The average molecular weight is 274 g/mol. The van der Waals surface area contributed by atoms with Gasteiger partial charge in [-0.05, 0) is 25.1 Å². The van der Waals surface area contributed by atoms with E-state index in [2.05, 4.69) is 6.92 Å². The average Bonchev–Trinajstić information content (AvgIpc) is 2.78. The minimum Gasteiger partial charge on any atom is -0.497 e. The van der Waals surface area contributed by atoms with Gasteiger partial charge < -0.3 is 9.47 Å². The van der Waals surface area contributed by atoms with Crippen LogP contribution in [0.5, 0.6) is 11.5 Å². The van der Waals surface area contributed by atoms with Gasteiger partial charge >= 0.3 is 0 Å². The van der Waals surface area contributed by atoms with Crippen molar-refractivity contribution >= 4 is 11.6 Å². The standard InChI is InChI=1S/C16H14ClO2/c1-10-7-11-8-12(18-2)9-14(16(11)19-10)13-5-3-4-6-15(13)17/h3-6,8-10H,1,7H2,2H3. The van der Waals surface area contributed by atoms with Gasteiger partial charge in [-0.25, -0.2) is 0 Å². The number of ether oxygens (including phenoxy) is 2. The van der Waals surface area contributed by atoms with Gasteiger partial charge in [-0.3, -0.25) is 0 Å². The zero-order valence-electron chi connectivity index (χ0n) is 10.7. The van der Waals surface area contributed by atoms with E-state index < -0.39 is 0 Å². The monoisotopic (exact) mass is 273 g/mol. The van der Waals surface area contributed by atoms with E-state index in [0.717, 1.165) is 34.6 Å². The smallest absolute Gasteiger partial charge is 0.131 e. The first kappa shape index (κ1) is 12.4. The molecule has 2 nitrogen and oxygen atoms in total. The van der Waals surface area contributed by atoms with E-state index >= 15 is 0 Å². The molecule has 0 aromatic heterocycles. The Morgan fingerprint density at radius 1 is 1.26 bits per heavy atom. The molecule has 3 heteroatoms. The lowest BCUT2D eigenvalue weighted by Gasteiger charge is -2.12. The molecule has 1 heterocycles. The third-order valence-electron chi connectivity index (χ3n) is 3.27. The Kier molecular flexibility index (Phi) is 3.11. The molecule has 0 spiro atoms.